The minimum atomic E-state index is -0.0814. The monoisotopic (exact) mass is 332 g/mol. The number of aliphatic hydroxyl groups excluding tert-OH is 1. The summed E-state index contributed by atoms with van der Waals surface area (Å²) in [4.78, 5) is 12.2. The third-order valence-electron chi connectivity index (χ3n) is 9.50. The molecule has 9 atom stereocenters. The van der Waals surface area contributed by atoms with Gasteiger partial charge in [-0.1, -0.05) is 20.8 Å². The highest BCUT2D eigenvalue weighted by Gasteiger charge is 2.61. The molecule has 0 radical (unpaired) electrons. The van der Waals surface area contributed by atoms with Gasteiger partial charge in [0, 0.05) is 5.92 Å². The molecule has 0 amide bonds. The van der Waals surface area contributed by atoms with Crippen molar-refractivity contribution >= 4 is 5.78 Å². The summed E-state index contributed by atoms with van der Waals surface area (Å²) in [5.41, 5.74) is 0.702. The van der Waals surface area contributed by atoms with Crippen LogP contribution in [0.4, 0.5) is 0 Å². The van der Waals surface area contributed by atoms with E-state index in [4.69, 9.17) is 0 Å². The largest absolute Gasteiger partial charge is 0.393 e. The zero-order chi connectivity index (χ0) is 17.3. The molecule has 4 rings (SSSR count). The molecule has 0 aliphatic heterocycles. The number of rotatable bonds is 1. The second-order valence-electron chi connectivity index (χ2n) is 10.4. The van der Waals surface area contributed by atoms with E-state index >= 15 is 0 Å². The lowest BCUT2D eigenvalue weighted by Gasteiger charge is -2.61. The molecule has 0 bridgehead atoms. The number of carbonyl (C=O) groups excluding carboxylic acids is 1. The number of fused-ring (bicyclic) bond motifs is 5. The van der Waals surface area contributed by atoms with E-state index in [1.165, 1.54) is 38.5 Å². The van der Waals surface area contributed by atoms with Crippen LogP contribution in [0, 0.1) is 46.3 Å². The van der Waals surface area contributed by atoms with Crippen LogP contribution in [-0.2, 0) is 4.79 Å². The van der Waals surface area contributed by atoms with Crippen molar-refractivity contribution in [3.8, 4) is 0 Å². The van der Waals surface area contributed by atoms with E-state index in [0.717, 1.165) is 36.5 Å². The highest BCUT2D eigenvalue weighted by Crippen LogP contribution is 2.67. The SMILES string of the molecule is CC(=O)[C@H]1CC[C@H]2[C@@H]3CCC4CC(O)C(C)C[C@]4(C)[C@H]3CC[C@]12C. The minimum Gasteiger partial charge on any atom is -0.393 e. The lowest BCUT2D eigenvalue weighted by molar-refractivity contribution is -0.146. The van der Waals surface area contributed by atoms with Gasteiger partial charge in [-0.3, -0.25) is 4.79 Å². The van der Waals surface area contributed by atoms with Crippen LogP contribution in [0.5, 0.6) is 0 Å². The van der Waals surface area contributed by atoms with E-state index in [2.05, 4.69) is 20.8 Å². The molecule has 4 fully saturated rings. The van der Waals surface area contributed by atoms with Crippen molar-refractivity contribution in [2.75, 3.05) is 0 Å². The molecule has 24 heavy (non-hydrogen) atoms. The minimum absolute atomic E-state index is 0.0814. The molecule has 2 nitrogen and oxygen atoms in total. The summed E-state index contributed by atoms with van der Waals surface area (Å²) >= 11 is 0. The Morgan fingerprint density at radius 1 is 1.00 bits per heavy atom. The van der Waals surface area contributed by atoms with Crippen LogP contribution in [0.1, 0.15) is 79.1 Å². The van der Waals surface area contributed by atoms with Crippen LogP contribution in [0.25, 0.3) is 0 Å². The van der Waals surface area contributed by atoms with Gasteiger partial charge in [0.25, 0.3) is 0 Å². The Morgan fingerprint density at radius 3 is 2.42 bits per heavy atom. The maximum Gasteiger partial charge on any atom is 0.133 e. The third kappa shape index (κ3) is 2.20. The van der Waals surface area contributed by atoms with Gasteiger partial charge in [0.15, 0.2) is 0 Å². The molecule has 0 aromatic rings. The van der Waals surface area contributed by atoms with Gasteiger partial charge in [-0.25, -0.2) is 0 Å². The average Bonchev–Trinajstić information content (AvgIpc) is 2.86. The van der Waals surface area contributed by atoms with E-state index in [0.29, 0.717) is 23.0 Å². The average molecular weight is 333 g/mol. The van der Waals surface area contributed by atoms with Gasteiger partial charge in [-0.15, -0.1) is 0 Å². The zero-order valence-electron chi connectivity index (χ0n) is 16.1. The van der Waals surface area contributed by atoms with Crippen LogP contribution in [0.15, 0.2) is 0 Å². The molecule has 1 N–H and O–H groups in total. The lowest BCUT2D eigenvalue weighted by Crippen LogP contribution is -2.55. The maximum atomic E-state index is 12.2. The first-order chi connectivity index (χ1) is 11.3. The van der Waals surface area contributed by atoms with Gasteiger partial charge in [0.05, 0.1) is 6.10 Å². The van der Waals surface area contributed by atoms with Crippen LogP contribution < -0.4 is 0 Å². The zero-order valence-corrected chi connectivity index (χ0v) is 16.1. The van der Waals surface area contributed by atoms with E-state index in [-0.39, 0.29) is 11.5 Å². The Balaban J connectivity index is 1.62. The van der Waals surface area contributed by atoms with Gasteiger partial charge in [0.2, 0.25) is 0 Å². The lowest BCUT2D eigenvalue weighted by atomic mass is 9.44. The van der Waals surface area contributed by atoms with Gasteiger partial charge < -0.3 is 5.11 Å². The second-order valence-corrected chi connectivity index (χ2v) is 10.4. The summed E-state index contributed by atoms with van der Waals surface area (Å²) in [5, 5.41) is 10.4. The van der Waals surface area contributed by atoms with E-state index < -0.39 is 0 Å². The Labute approximate surface area is 147 Å². The molecule has 0 aromatic heterocycles. The topological polar surface area (TPSA) is 37.3 Å². The highest BCUT2D eigenvalue weighted by atomic mass is 16.3. The number of carbonyl (C=O) groups is 1. The molecule has 0 spiro atoms. The Kier molecular flexibility index (Phi) is 3.95. The van der Waals surface area contributed by atoms with E-state index in [9.17, 15) is 9.90 Å². The van der Waals surface area contributed by atoms with Crippen molar-refractivity contribution in [1.82, 2.24) is 0 Å². The summed E-state index contributed by atoms with van der Waals surface area (Å²) in [6, 6.07) is 0. The van der Waals surface area contributed by atoms with Gasteiger partial charge in [-0.05, 0) is 98.7 Å². The molecular weight excluding hydrogens is 296 g/mol. The van der Waals surface area contributed by atoms with Crippen LogP contribution in [0.3, 0.4) is 0 Å². The van der Waals surface area contributed by atoms with Gasteiger partial charge in [0.1, 0.15) is 5.78 Å². The van der Waals surface area contributed by atoms with E-state index in [1.807, 2.05) is 6.92 Å². The number of Topliss-reactive ketones (excluding diaryl/α,β-unsaturated/α-hetero) is 1. The Hall–Kier alpha value is -0.370. The number of hydrogen-bond donors (Lipinski definition) is 1. The predicted octanol–water partition coefficient (Wildman–Crippen LogP) is 4.84. The number of hydrogen-bond acceptors (Lipinski definition) is 2. The van der Waals surface area contributed by atoms with E-state index in [1.54, 1.807) is 0 Å². The van der Waals surface area contributed by atoms with Crippen molar-refractivity contribution in [1.29, 1.82) is 0 Å². The molecule has 136 valence electrons. The predicted molar refractivity (Wildman–Crippen MR) is 96.5 cm³/mol. The molecule has 4 aliphatic carbocycles. The fraction of sp³-hybridized carbons (Fsp3) is 0.955. The molecule has 3 unspecified atom stereocenters. The smallest absolute Gasteiger partial charge is 0.133 e. The molecule has 2 heteroatoms. The van der Waals surface area contributed by atoms with Crippen molar-refractivity contribution in [3.05, 3.63) is 0 Å². The normalized spacial score (nSPS) is 57.0. The summed E-state index contributed by atoms with van der Waals surface area (Å²) in [6.45, 7) is 9.07. The molecule has 0 heterocycles. The standard InChI is InChI=1S/C22H36O2/c1-13-12-22(4)15(11-20(13)24)5-6-16-18-8-7-17(14(2)23)21(18,3)10-9-19(16)22/h13,15-20,24H,5-12H2,1-4H3/t13?,15?,16-,17+,18-,19-,20?,21+,22-/m0/s1. The first-order valence-electron chi connectivity index (χ1n) is 10.5. The van der Waals surface area contributed by atoms with Crippen LogP contribution in [-0.4, -0.2) is 17.0 Å². The van der Waals surface area contributed by atoms with Crippen LogP contribution in [0.2, 0.25) is 0 Å². The van der Waals surface area contributed by atoms with Crippen molar-refractivity contribution in [2.45, 2.75) is 85.2 Å². The Morgan fingerprint density at radius 2 is 1.71 bits per heavy atom. The number of ketones is 1. The number of aliphatic hydroxyl groups is 1. The van der Waals surface area contributed by atoms with Crippen molar-refractivity contribution < 1.29 is 9.90 Å². The fourth-order valence-corrected chi connectivity index (χ4v) is 8.26. The van der Waals surface area contributed by atoms with Crippen LogP contribution >= 0.6 is 0 Å². The molecule has 4 saturated carbocycles. The summed E-state index contributed by atoms with van der Waals surface area (Å²) < 4.78 is 0. The molecular formula is C22H36O2. The molecule has 0 aromatic carbocycles. The summed E-state index contributed by atoms with van der Waals surface area (Å²) in [6.07, 6.45) is 9.78. The second kappa shape index (κ2) is 5.56. The first kappa shape index (κ1) is 17.1. The highest BCUT2D eigenvalue weighted by molar-refractivity contribution is 5.79. The van der Waals surface area contributed by atoms with Gasteiger partial charge >= 0.3 is 0 Å². The Bertz CT molecular complexity index is 528. The molecule has 0 saturated heterocycles. The fourth-order valence-electron chi connectivity index (χ4n) is 8.26. The molecule has 4 aliphatic rings. The maximum absolute atomic E-state index is 12.2. The van der Waals surface area contributed by atoms with Crippen molar-refractivity contribution in [3.63, 3.8) is 0 Å². The van der Waals surface area contributed by atoms with Crippen molar-refractivity contribution in [2.24, 2.45) is 46.3 Å². The van der Waals surface area contributed by atoms with Gasteiger partial charge in [-0.2, -0.15) is 0 Å². The summed E-state index contributed by atoms with van der Waals surface area (Å²) in [5.74, 6) is 4.36. The third-order valence-corrected chi connectivity index (χ3v) is 9.50. The first-order valence-corrected chi connectivity index (χ1v) is 10.5. The summed E-state index contributed by atoms with van der Waals surface area (Å²) in [7, 11) is 0. The quantitative estimate of drug-likeness (QED) is 0.746.